The minimum Gasteiger partial charge on any atom is -0.301 e. The maximum atomic E-state index is 4.28. The van der Waals surface area contributed by atoms with Crippen molar-refractivity contribution in [1.29, 1.82) is 0 Å². The van der Waals surface area contributed by atoms with E-state index in [1.807, 2.05) is 23.5 Å². The maximum absolute atomic E-state index is 4.28. The lowest BCUT2D eigenvalue weighted by Gasteiger charge is -2.41. The zero-order valence-electron chi connectivity index (χ0n) is 15.5. The second-order valence-corrected chi connectivity index (χ2v) is 8.61. The quantitative estimate of drug-likeness (QED) is 0.490. The maximum Gasteiger partial charge on any atom is 0.0929 e. The minimum absolute atomic E-state index is 0.0264. The van der Waals surface area contributed by atoms with E-state index < -0.39 is 0 Å². The van der Waals surface area contributed by atoms with Crippen LogP contribution in [-0.4, -0.2) is 28.7 Å². The van der Waals surface area contributed by atoms with E-state index in [9.17, 15) is 0 Å². The molecule has 0 saturated heterocycles. The van der Waals surface area contributed by atoms with Gasteiger partial charge in [-0.2, -0.15) is 10.2 Å². The number of likely N-dealkylation sites (N-methyl/N-ethyl adjacent to an activating group) is 1. The molecule has 1 aliphatic heterocycles. The molecule has 0 aliphatic carbocycles. The molecule has 0 bridgehead atoms. The van der Waals surface area contributed by atoms with E-state index in [4.69, 9.17) is 0 Å². The van der Waals surface area contributed by atoms with Crippen LogP contribution in [0.5, 0.6) is 0 Å². The fraction of sp³-hybridized carbons (Fsp3) is 0.217. The molecule has 5 rings (SSSR count). The van der Waals surface area contributed by atoms with Crippen molar-refractivity contribution >= 4 is 21.4 Å². The minimum atomic E-state index is -0.0264. The van der Waals surface area contributed by atoms with Crippen LogP contribution in [0.4, 0.5) is 0 Å². The van der Waals surface area contributed by atoms with Crippen molar-refractivity contribution in [2.45, 2.75) is 18.9 Å². The van der Waals surface area contributed by atoms with Gasteiger partial charge in [-0.3, -0.25) is 0 Å². The summed E-state index contributed by atoms with van der Waals surface area (Å²) in [6, 6.07) is 19.9. The SMILES string of the molecule is CN1Cc2cc(-c3cccnn3)ccc2C(C)(c2ccc3ccsc3c2)C1. The van der Waals surface area contributed by atoms with Gasteiger partial charge in [0, 0.05) is 35.0 Å². The van der Waals surface area contributed by atoms with E-state index in [-0.39, 0.29) is 5.41 Å². The fourth-order valence-corrected chi connectivity index (χ4v) is 5.22. The normalized spacial score (nSPS) is 19.9. The van der Waals surface area contributed by atoms with Crippen LogP contribution in [-0.2, 0) is 12.0 Å². The molecule has 0 saturated carbocycles. The Hall–Kier alpha value is -2.56. The summed E-state index contributed by atoms with van der Waals surface area (Å²) in [4.78, 5) is 2.42. The van der Waals surface area contributed by atoms with E-state index in [1.54, 1.807) is 6.20 Å². The topological polar surface area (TPSA) is 29.0 Å². The number of hydrogen-bond donors (Lipinski definition) is 0. The Bertz CT molecular complexity index is 1120. The number of hydrogen-bond acceptors (Lipinski definition) is 4. The highest BCUT2D eigenvalue weighted by Crippen LogP contribution is 2.41. The third kappa shape index (κ3) is 2.76. The molecule has 2 aromatic carbocycles. The standard InChI is InChI=1S/C23H21N3S/c1-23(19-7-5-16-9-11-27-22(16)13-19)15-26(2)14-18-12-17(6-8-20(18)23)21-4-3-10-24-25-21/h3-13H,14-15H2,1-2H3. The van der Waals surface area contributed by atoms with Crippen molar-refractivity contribution in [2.75, 3.05) is 13.6 Å². The summed E-state index contributed by atoms with van der Waals surface area (Å²) in [5, 5.41) is 11.8. The zero-order chi connectivity index (χ0) is 18.4. The molecule has 2 aromatic heterocycles. The van der Waals surface area contributed by atoms with Gasteiger partial charge in [0.15, 0.2) is 0 Å². The summed E-state index contributed by atoms with van der Waals surface area (Å²) in [7, 11) is 2.21. The average molecular weight is 372 g/mol. The highest BCUT2D eigenvalue weighted by atomic mass is 32.1. The average Bonchev–Trinajstić information content (AvgIpc) is 3.16. The molecule has 1 atom stereocenters. The van der Waals surface area contributed by atoms with Gasteiger partial charge in [0.2, 0.25) is 0 Å². The summed E-state index contributed by atoms with van der Waals surface area (Å²) in [5.74, 6) is 0. The van der Waals surface area contributed by atoms with Gasteiger partial charge < -0.3 is 4.90 Å². The van der Waals surface area contributed by atoms with Gasteiger partial charge in [-0.15, -0.1) is 11.3 Å². The smallest absolute Gasteiger partial charge is 0.0929 e. The molecule has 4 aromatic rings. The van der Waals surface area contributed by atoms with Crippen molar-refractivity contribution in [1.82, 2.24) is 15.1 Å². The molecule has 0 N–H and O–H groups in total. The van der Waals surface area contributed by atoms with Crippen molar-refractivity contribution < 1.29 is 0 Å². The van der Waals surface area contributed by atoms with Crippen molar-refractivity contribution in [3.8, 4) is 11.3 Å². The van der Waals surface area contributed by atoms with Crippen LogP contribution in [0.2, 0.25) is 0 Å². The highest BCUT2D eigenvalue weighted by molar-refractivity contribution is 7.17. The summed E-state index contributed by atoms with van der Waals surface area (Å²) < 4.78 is 1.36. The predicted octanol–water partition coefficient (Wildman–Crippen LogP) is 5.11. The second kappa shape index (κ2) is 6.25. The molecule has 1 unspecified atom stereocenters. The first-order valence-corrected chi connectivity index (χ1v) is 10.1. The molecule has 0 spiro atoms. The van der Waals surface area contributed by atoms with Gasteiger partial charge in [-0.25, -0.2) is 0 Å². The Morgan fingerprint density at radius 1 is 1.07 bits per heavy atom. The molecule has 0 amide bonds. The Morgan fingerprint density at radius 2 is 2.00 bits per heavy atom. The first-order valence-electron chi connectivity index (χ1n) is 9.21. The van der Waals surface area contributed by atoms with Gasteiger partial charge in [0.05, 0.1) is 5.69 Å². The second-order valence-electron chi connectivity index (χ2n) is 7.66. The molecule has 3 nitrogen and oxygen atoms in total. The van der Waals surface area contributed by atoms with Crippen LogP contribution in [0.15, 0.2) is 66.2 Å². The lowest BCUT2D eigenvalue weighted by molar-refractivity contribution is 0.248. The van der Waals surface area contributed by atoms with Crippen LogP contribution in [0.25, 0.3) is 21.3 Å². The van der Waals surface area contributed by atoms with Crippen LogP contribution < -0.4 is 0 Å². The van der Waals surface area contributed by atoms with Crippen molar-refractivity contribution in [3.63, 3.8) is 0 Å². The molecular formula is C23H21N3S. The first-order chi connectivity index (χ1) is 13.1. The summed E-state index contributed by atoms with van der Waals surface area (Å²) >= 11 is 1.82. The Balaban J connectivity index is 1.65. The monoisotopic (exact) mass is 371 g/mol. The lowest BCUT2D eigenvalue weighted by atomic mass is 9.71. The van der Waals surface area contributed by atoms with E-state index >= 15 is 0 Å². The molecule has 27 heavy (non-hydrogen) atoms. The zero-order valence-corrected chi connectivity index (χ0v) is 16.3. The van der Waals surface area contributed by atoms with Crippen molar-refractivity contribution in [2.24, 2.45) is 0 Å². The molecule has 0 radical (unpaired) electrons. The highest BCUT2D eigenvalue weighted by Gasteiger charge is 2.36. The van der Waals surface area contributed by atoms with Crippen molar-refractivity contribution in [3.05, 3.63) is 82.9 Å². The molecule has 134 valence electrons. The van der Waals surface area contributed by atoms with Gasteiger partial charge in [-0.05, 0) is 64.8 Å². The van der Waals surface area contributed by atoms with E-state index in [0.717, 1.165) is 24.3 Å². The third-order valence-electron chi connectivity index (χ3n) is 5.69. The summed E-state index contributed by atoms with van der Waals surface area (Å²) in [6.07, 6.45) is 1.72. The van der Waals surface area contributed by atoms with E-state index in [1.165, 1.54) is 26.8 Å². The number of benzene rings is 2. The summed E-state index contributed by atoms with van der Waals surface area (Å²) in [6.45, 7) is 4.35. The Morgan fingerprint density at radius 3 is 2.85 bits per heavy atom. The predicted molar refractivity (Wildman–Crippen MR) is 112 cm³/mol. The molecule has 1 aliphatic rings. The number of aromatic nitrogens is 2. The van der Waals surface area contributed by atoms with Crippen LogP contribution in [0, 0.1) is 0 Å². The van der Waals surface area contributed by atoms with Gasteiger partial charge in [-0.1, -0.05) is 31.2 Å². The van der Waals surface area contributed by atoms with E-state index in [2.05, 4.69) is 76.9 Å². The molecular weight excluding hydrogens is 350 g/mol. The first kappa shape index (κ1) is 16.6. The summed E-state index contributed by atoms with van der Waals surface area (Å²) in [5.41, 5.74) is 6.22. The Labute approximate surface area is 163 Å². The number of thiophene rings is 1. The largest absolute Gasteiger partial charge is 0.301 e. The molecule has 4 heteroatoms. The van der Waals surface area contributed by atoms with Gasteiger partial charge >= 0.3 is 0 Å². The number of fused-ring (bicyclic) bond motifs is 2. The third-order valence-corrected chi connectivity index (χ3v) is 6.57. The fourth-order valence-electron chi connectivity index (χ4n) is 4.39. The van der Waals surface area contributed by atoms with E-state index in [0.29, 0.717) is 0 Å². The number of rotatable bonds is 2. The Kier molecular flexibility index (Phi) is 3.85. The molecule has 0 fully saturated rings. The van der Waals surface area contributed by atoms with Crippen LogP contribution >= 0.6 is 11.3 Å². The lowest BCUT2D eigenvalue weighted by Crippen LogP contribution is -2.42. The van der Waals surface area contributed by atoms with Crippen LogP contribution in [0.1, 0.15) is 23.6 Å². The van der Waals surface area contributed by atoms with Gasteiger partial charge in [0.1, 0.15) is 0 Å². The van der Waals surface area contributed by atoms with Crippen LogP contribution in [0.3, 0.4) is 0 Å². The number of nitrogens with zero attached hydrogens (tertiary/aromatic N) is 3. The van der Waals surface area contributed by atoms with Gasteiger partial charge in [0.25, 0.3) is 0 Å². The molecule has 3 heterocycles.